The summed E-state index contributed by atoms with van der Waals surface area (Å²) in [6, 6.07) is 25.6. The predicted molar refractivity (Wildman–Crippen MR) is 113 cm³/mol. The van der Waals surface area contributed by atoms with Crippen molar-refractivity contribution in [2.45, 2.75) is 13.0 Å². The monoisotopic (exact) mass is 380 g/mol. The molecule has 2 aromatic carbocycles. The lowest BCUT2D eigenvalue weighted by Gasteiger charge is -2.28. The lowest BCUT2D eigenvalue weighted by molar-refractivity contribution is -0.127. The molecule has 4 heteroatoms. The van der Waals surface area contributed by atoms with Crippen LogP contribution in [0.25, 0.3) is 16.6 Å². The van der Waals surface area contributed by atoms with Crippen LogP contribution in [-0.2, 0) is 17.8 Å². The van der Waals surface area contributed by atoms with Crippen molar-refractivity contribution in [1.29, 1.82) is 0 Å². The maximum absolute atomic E-state index is 13.4. The number of benzene rings is 2. The number of Topliss-reactive ketones (excluding diaryl/α,β-unsaturated/α-hetero) is 1. The summed E-state index contributed by atoms with van der Waals surface area (Å²) in [6.07, 6.45) is 2.61. The van der Waals surface area contributed by atoms with Crippen molar-refractivity contribution in [3.63, 3.8) is 0 Å². The van der Waals surface area contributed by atoms with Gasteiger partial charge in [-0.1, -0.05) is 60.7 Å². The van der Waals surface area contributed by atoms with Gasteiger partial charge in [0.15, 0.2) is 0 Å². The number of carbonyl (C=O) groups excluding carboxylic acids is 2. The van der Waals surface area contributed by atoms with Gasteiger partial charge in [-0.15, -0.1) is 0 Å². The molecule has 0 bridgehead atoms. The third-order valence-corrected chi connectivity index (χ3v) is 5.59. The third-order valence-electron chi connectivity index (χ3n) is 5.59. The Kier molecular flexibility index (Phi) is 4.24. The van der Waals surface area contributed by atoms with Crippen LogP contribution in [-0.4, -0.2) is 27.5 Å². The third kappa shape index (κ3) is 3.03. The van der Waals surface area contributed by atoms with E-state index in [-0.39, 0.29) is 0 Å². The molecule has 3 heterocycles. The van der Waals surface area contributed by atoms with Crippen molar-refractivity contribution >= 4 is 17.2 Å². The molecule has 0 saturated carbocycles. The van der Waals surface area contributed by atoms with Crippen molar-refractivity contribution in [3.05, 3.63) is 102 Å². The van der Waals surface area contributed by atoms with Gasteiger partial charge in [-0.3, -0.25) is 9.59 Å². The lowest BCUT2D eigenvalue weighted by Crippen LogP contribution is -2.40. The molecule has 0 spiro atoms. The van der Waals surface area contributed by atoms with E-state index in [9.17, 15) is 9.59 Å². The van der Waals surface area contributed by atoms with Gasteiger partial charge >= 0.3 is 0 Å². The average molecular weight is 380 g/mol. The summed E-state index contributed by atoms with van der Waals surface area (Å²) in [4.78, 5) is 28.3. The molecule has 4 nitrogen and oxygen atoms in total. The molecule has 0 fully saturated rings. The predicted octanol–water partition coefficient (Wildman–Crippen LogP) is 4.37. The lowest BCUT2D eigenvalue weighted by atomic mass is 9.99. The number of amides is 1. The number of ketones is 1. The van der Waals surface area contributed by atoms with Gasteiger partial charge in [0.05, 0.1) is 0 Å². The number of aromatic nitrogens is 1. The fourth-order valence-corrected chi connectivity index (χ4v) is 4.11. The quantitative estimate of drug-likeness (QED) is 0.391. The van der Waals surface area contributed by atoms with Crippen LogP contribution in [0.5, 0.6) is 0 Å². The Labute approximate surface area is 169 Å². The van der Waals surface area contributed by atoms with Gasteiger partial charge in [-0.05, 0) is 41.3 Å². The van der Waals surface area contributed by atoms with Crippen LogP contribution in [0.2, 0.25) is 0 Å². The topological polar surface area (TPSA) is 41.8 Å². The zero-order valence-electron chi connectivity index (χ0n) is 15.9. The summed E-state index contributed by atoms with van der Waals surface area (Å²) in [6.45, 7) is 1.04. The maximum Gasteiger partial charge on any atom is 0.296 e. The van der Waals surface area contributed by atoms with Crippen molar-refractivity contribution < 1.29 is 9.59 Å². The molecule has 0 radical (unpaired) electrons. The Morgan fingerprint density at radius 2 is 1.52 bits per heavy atom. The summed E-state index contributed by atoms with van der Waals surface area (Å²) in [5, 5.41) is 0. The normalized spacial score (nSPS) is 13.3. The second-order valence-electron chi connectivity index (χ2n) is 7.34. The Balaban J connectivity index is 1.55. The largest absolute Gasteiger partial charge is 0.331 e. The first-order valence-corrected chi connectivity index (χ1v) is 9.78. The van der Waals surface area contributed by atoms with E-state index in [1.807, 2.05) is 83.4 Å². The van der Waals surface area contributed by atoms with Crippen LogP contribution in [0.3, 0.4) is 0 Å². The molecule has 0 unspecified atom stereocenters. The minimum absolute atomic E-state index is 0.427. The van der Waals surface area contributed by atoms with Crippen molar-refractivity contribution in [1.82, 2.24) is 9.30 Å². The van der Waals surface area contributed by atoms with Gasteiger partial charge in [0, 0.05) is 30.4 Å². The molecule has 29 heavy (non-hydrogen) atoms. The van der Waals surface area contributed by atoms with Crippen molar-refractivity contribution in [3.8, 4) is 11.1 Å². The highest BCUT2D eigenvalue weighted by atomic mass is 16.2. The number of fused-ring (bicyclic) bond motifs is 2. The van der Waals surface area contributed by atoms with Gasteiger partial charge < -0.3 is 9.30 Å². The number of pyridine rings is 1. The molecule has 142 valence electrons. The van der Waals surface area contributed by atoms with Gasteiger partial charge in [-0.25, -0.2) is 0 Å². The summed E-state index contributed by atoms with van der Waals surface area (Å²) in [5.41, 5.74) is 5.40. The van der Waals surface area contributed by atoms with Crippen molar-refractivity contribution in [2.24, 2.45) is 0 Å². The van der Waals surface area contributed by atoms with E-state index in [4.69, 9.17) is 0 Å². The number of hydrogen-bond donors (Lipinski definition) is 0. The van der Waals surface area contributed by atoms with Crippen LogP contribution in [0.1, 0.15) is 21.6 Å². The molecular formula is C25H20N2O2. The van der Waals surface area contributed by atoms with Gasteiger partial charge in [0.1, 0.15) is 5.69 Å². The fraction of sp³-hybridized carbons (Fsp3) is 0.120. The summed E-state index contributed by atoms with van der Waals surface area (Å²) in [7, 11) is 0. The van der Waals surface area contributed by atoms with E-state index in [0.717, 1.165) is 28.6 Å². The fourth-order valence-electron chi connectivity index (χ4n) is 4.11. The van der Waals surface area contributed by atoms with E-state index >= 15 is 0 Å². The van der Waals surface area contributed by atoms with Gasteiger partial charge in [0.2, 0.25) is 0 Å². The smallest absolute Gasteiger partial charge is 0.296 e. The first-order valence-electron chi connectivity index (χ1n) is 9.78. The average Bonchev–Trinajstić information content (AvgIpc) is 3.18. The molecular weight excluding hydrogens is 360 g/mol. The number of carbonyl (C=O) groups is 2. The Morgan fingerprint density at radius 3 is 2.34 bits per heavy atom. The van der Waals surface area contributed by atoms with Crippen LogP contribution in [0.4, 0.5) is 0 Å². The van der Waals surface area contributed by atoms with Crippen LogP contribution in [0.15, 0.2) is 85.1 Å². The zero-order valence-corrected chi connectivity index (χ0v) is 15.9. The molecule has 0 aliphatic carbocycles. The summed E-state index contributed by atoms with van der Waals surface area (Å²) >= 11 is 0. The molecule has 1 amide bonds. The van der Waals surface area contributed by atoms with E-state index in [1.54, 1.807) is 4.90 Å². The Hall–Kier alpha value is -3.66. The zero-order chi connectivity index (χ0) is 19.8. The van der Waals surface area contributed by atoms with Crippen LogP contribution >= 0.6 is 0 Å². The minimum atomic E-state index is -0.463. The molecule has 1 aliphatic heterocycles. The highest BCUT2D eigenvalue weighted by Crippen LogP contribution is 2.29. The molecule has 0 N–H and O–H groups in total. The van der Waals surface area contributed by atoms with E-state index in [2.05, 4.69) is 6.07 Å². The second-order valence-corrected chi connectivity index (χ2v) is 7.34. The molecule has 4 aromatic rings. The Morgan fingerprint density at radius 1 is 0.793 bits per heavy atom. The van der Waals surface area contributed by atoms with E-state index in [0.29, 0.717) is 18.8 Å². The molecule has 0 saturated heterocycles. The van der Waals surface area contributed by atoms with Gasteiger partial charge in [-0.2, -0.15) is 0 Å². The van der Waals surface area contributed by atoms with Crippen LogP contribution in [0, 0.1) is 0 Å². The summed E-state index contributed by atoms with van der Waals surface area (Å²) in [5.74, 6) is -0.907. The molecule has 5 rings (SSSR count). The first kappa shape index (κ1) is 17.4. The van der Waals surface area contributed by atoms with Gasteiger partial charge in [0.25, 0.3) is 11.7 Å². The SMILES string of the molecule is O=C(C(=O)N1CCc2ccccc2C1)c1c(-c2ccccc2)cc2ccccn12. The highest BCUT2D eigenvalue weighted by Gasteiger charge is 2.30. The van der Waals surface area contributed by atoms with E-state index in [1.165, 1.54) is 5.56 Å². The number of hydrogen-bond acceptors (Lipinski definition) is 2. The number of rotatable bonds is 3. The summed E-state index contributed by atoms with van der Waals surface area (Å²) < 4.78 is 1.82. The Bertz CT molecular complexity index is 1220. The van der Waals surface area contributed by atoms with Crippen molar-refractivity contribution in [2.75, 3.05) is 6.54 Å². The van der Waals surface area contributed by atoms with Crippen LogP contribution < -0.4 is 0 Å². The van der Waals surface area contributed by atoms with E-state index < -0.39 is 11.7 Å². The molecule has 2 aromatic heterocycles. The molecule has 0 atom stereocenters. The minimum Gasteiger partial charge on any atom is -0.331 e. The first-order chi connectivity index (χ1) is 14.2. The highest BCUT2D eigenvalue weighted by molar-refractivity contribution is 6.43. The standard InChI is InChI=1S/C25H20N2O2/c28-24(25(29)26-15-13-18-8-4-5-11-20(18)17-26)23-22(19-9-2-1-3-10-19)16-21-12-6-7-14-27(21)23/h1-12,14,16H,13,15,17H2. The molecule has 1 aliphatic rings. The number of nitrogens with zero attached hydrogens (tertiary/aromatic N) is 2. The maximum atomic E-state index is 13.4. The second kappa shape index (κ2) is 7.06.